The van der Waals surface area contributed by atoms with E-state index >= 15 is 0 Å². The molecular formula is C13H15F2N3O. The molecule has 0 bridgehead atoms. The quantitative estimate of drug-likeness (QED) is 0.873. The number of rotatable bonds is 2. The first-order valence-corrected chi connectivity index (χ1v) is 6.36. The number of nitrogens with one attached hydrogen (secondary N) is 1. The van der Waals surface area contributed by atoms with Gasteiger partial charge in [0, 0.05) is 31.7 Å². The summed E-state index contributed by atoms with van der Waals surface area (Å²) in [5.41, 5.74) is 0.223. The highest BCUT2D eigenvalue weighted by molar-refractivity contribution is 5.77. The van der Waals surface area contributed by atoms with Crippen molar-refractivity contribution in [2.45, 2.75) is 12.6 Å². The Balaban J connectivity index is 1.77. The smallest absolute Gasteiger partial charge is 0.318 e. The van der Waals surface area contributed by atoms with Gasteiger partial charge in [0.2, 0.25) is 0 Å². The van der Waals surface area contributed by atoms with E-state index in [-0.39, 0.29) is 24.2 Å². The van der Waals surface area contributed by atoms with E-state index in [1.807, 2.05) is 0 Å². The van der Waals surface area contributed by atoms with E-state index in [1.54, 1.807) is 9.80 Å². The molecular weight excluding hydrogens is 252 g/mol. The van der Waals surface area contributed by atoms with Crippen molar-refractivity contribution < 1.29 is 13.6 Å². The molecule has 1 aromatic carbocycles. The summed E-state index contributed by atoms with van der Waals surface area (Å²) >= 11 is 0. The van der Waals surface area contributed by atoms with E-state index in [1.165, 1.54) is 12.1 Å². The summed E-state index contributed by atoms with van der Waals surface area (Å²) in [5.74, 6) is -1.73. The maximum Gasteiger partial charge on any atom is 0.320 e. The van der Waals surface area contributed by atoms with E-state index in [4.69, 9.17) is 0 Å². The summed E-state index contributed by atoms with van der Waals surface area (Å²) in [4.78, 5) is 15.5. The third-order valence-corrected chi connectivity index (χ3v) is 3.69. The summed E-state index contributed by atoms with van der Waals surface area (Å²) in [6.07, 6.45) is 0. The van der Waals surface area contributed by atoms with Gasteiger partial charge in [0.15, 0.2) is 11.6 Å². The molecule has 4 nitrogen and oxygen atoms in total. The van der Waals surface area contributed by atoms with Crippen LogP contribution in [0.5, 0.6) is 0 Å². The molecule has 3 rings (SSSR count). The minimum atomic E-state index is -0.872. The predicted octanol–water partition coefficient (Wildman–Crippen LogP) is 1.17. The summed E-state index contributed by atoms with van der Waals surface area (Å²) in [6, 6.07) is 4.11. The normalized spacial score (nSPS) is 22.8. The van der Waals surface area contributed by atoms with Crippen molar-refractivity contribution in [1.29, 1.82) is 0 Å². The lowest BCUT2D eigenvalue weighted by Gasteiger charge is -2.28. The molecule has 2 aliphatic heterocycles. The largest absolute Gasteiger partial charge is 0.320 e. The van der Waals surface area contributed by atoms with Gasteiger partial charge >= 0.3 is 6.03 Å². The van der Waals surface area contributed by atoms with Crippen LogP contribution in [0.3, 0.4) is 0 Å². The van der Waals surface area contributed by atoms with E-state index in [9.17, 15) is 13.6 Å². The van der Waals surface area contributed by atoms with Crippen molar-refractivity contribution >= 4 is 6.03 Å². The minimum absolute atomic E-state index is 0.0878. The fourth-order valence-electron chi connectivity index (χ4n) is 2.70. The first kappa shape index (κ1) is 12.3. The number of nitrogens with zero attached hydrogens (tertiary/aromatic N) is 2. The van der Waals surface area contributed by atoms with Crippen LogP contribution in [0.1, 0.15) is 5.56 Å². The average Bonchev–Trinajstić information content (AvgIpc) is 2.73. The summed E-state index contributed by atoms with van der Waals surface area (Å²) in [6.45, 7) is 2.89. The van der Waals surface area contributed by atoms with E-state index in [2.05, 4.69) is 5.32 Å². The fourth-order valence-corrected chi connectivity index (χ4v) is 2.70. The molecule has 2 heterocycles. The molecule has 2 aliphatic rings. The molecule has 1 aromatic rings. The molecule has 0 radical (unpaired) electrons. The third-order valence-electron chi connectivity index (χ3n) is 3.69. The Kier molecular flexibility index (Phi) is 3.10. The van der Waals surface area contributed by atoms with Crippen LogP contribution in [0.25, 0.3) is 0 Å². The molecule has 2 amide bonds. The van der Waals surface area contributed by atoms with E-state index < -0.39 is 11.6 Å². The van der Waals surface area contributed by atoms with Crippen molar-refractivity contribution in [1.82, 2.24) is 15.1 Å². The Bertz CT molecular complexity index is 509. The second-order valence-electron chi connectivity index (χ2n) is 4.93. The van der Waals surface area contributed by atoms with Gasteiger partial charge in [0.1, 0.15) is 0 Å². The molecule has 19 heavy (non-hydrogen) atoms. The van der Waals surface area contributed by atoms with Gasteiger partial charge in [-0.05, 0) is 6.07 Å². The molecule has 0 aromatic heterocycles. The van der Waals surface area contributed by atoms with Gasteiger partial charge in [0.05, 0.1) is 12.6 Å². The van der Waals surface area contributed by atoms with Crippen molar-refractivity contribution in [2.24, 2.45) is 0 Å². The molecule has 1 unspecified atom stereocenters. The molecule has 1 atom stereocenters. The van der Waals surface area contributed by atoms with Crippen LogP contribution in [-0.2, 0) is 6.54 Å². The SMILES string of the molecule is O=C1N(Cc2cccc(F)c2F)CC2CNCCN12. The monoisotopic (exact) mass is 267 g/mol. The second-order valence-corrected chi connectivity index (χ2v) is 4.93. The second kappa shape index (κ2) is 4.77. The number of urea groups is 1. The average molecular weight is 267 g/mol. The van der Waals surface area contributed by atoms with Crippen LogP contribution in [0, 0.1) is 11.6 Å². The predicted molar refractivity (Wildman–Crippen MR) is 65.5 cm³/mol. The van der Waals surface area contributed by atoms with Gasteiger partial charge in [0.25, 0.3) is 0 Å². The van der Waals surface area contributed by atoms with E-state index in [0.29, 0.717) is 13.1 Å². The summed E-state index contributed by atoms with van der Waals surface area (Å²) in [7, 11) is 0. The molecule has 6 heteroatoms. The first-order chi connectivity index (χ1) is 9.16. The first-order valence-electron chi connectivity index (χ1n) is 6.36. The zero-order valence-corrected chi connectivity index (χ0v) is 10.4. The summed E-state index contributed by atoms with van der Waals surface area (Å²) < 4.78 is 26.8. The number of carbonyl (C=O) groups excluding carboxylic acids is 1. The number of fused-ring (bicyclic) bond motifs is 1. The number of benzene rings is 1. The van der Waals surface area contributed by atoms with Crippen LogP contribution in [-0.4, -0.2) is 48.1 Å². The minimum Gasteiger partial charge on any atom is -0.318 e. The fraction of sp³-hybridized carbons (Fsp3) is 0.462. The molecule has 102 valence electrons. The summed E-state index contributed by atoms with van der Waals surface area (Å²) in [5, 5.41) is 3.23. The van der Waals surface area contributed by atoms with Gasteiger partial charge in [-0.2, -0.15) is 0 Å². The van der Waals surface area contributed by atoms with Gasteiger partial charge in [-0.3, -0.25) is 0 Å². The van der Waals surface area contributed by atoms with Crippen molar-refractivity contribution in [3.8, 4) is 0 Å². The highest BCUT2D eigenvalue weighted by Gasteiger charge is 2.38. The van der Waals surface area contributed by atoms with Crippen LogP contribution in [0.15, 0.2) is 18.2 Å². The number of piperazine rings is 1. The van der Waals surface area contributed by atoms with Crippen LogP contribution in [0.4, 0.5) is 13.6 Å². The molecule has 2 fully saturated rings. The van der Waals surface area contributed by atoms with Gasteiger partial charge in [-0.15, -0.1) is 0 Å². The number of hydrogen-bond donors (Lipinski definition) is 1. The van der Waals surface area contributed by atoms with Gasteiger partial charge in [-0.25, -0.2) is 13.6 Å². The number of carbonyl (C=O) groups is 1. The molecule has 1 N–H and O–H groups in total. The van der Waals surface area contributed by atoms with Crippen molar-refractivity contribution in [3.05, 3.63) is 35.4 Å². The Morgan fingerprint density at radius 3 is 3.00 bits per heavy atom. The highest BCUT2D eigenvalue weighted by atomic mass is 19.2. The van der Waals surface area contributed by atoms with Crippen LogP contribution >= 0.6 is 0 Å². The van der Waals surface area contributed by atoms with Gasteiger partial charge in [-0.1, -0.05) is 12.1 Å². The van der Waals surface area contributed by atoms with Crippen LogP contribution < -0.4 is 5.32 Å². The Morgan fingerprint density at radius 1 is 1.37 bits per heavy atom. The van der Waals surface area contributed by atoms with Crippen molar-refractivity contribution in [2.75, 3.05) is 26.2 Å². The third kappa shape index (κ3) is 2.16. The molecule has 0 aliphatic carbocycles. The van der Waals surface area contributed by atoms with E-state index in [0.717, 1.165) is 19.2 Å². The molecule has 2 saturated heterocycles. The lowest BCUT2D eigenvalue weighted by atomic mass is 10.2. The standard InChI is InChI=1S/C13H15F2N3O/c14-11-3-1-2-9(12(11)15)7-17-8-10-6-16-4-5-18(10)13(17)19/h1-3,10,16H,4-8H2. The lowest BCUT2D eigenvalue weighted by Crippen LogP contribution is -2.49. The van der Waals surface area contributed by atoms with Crippen molar-refractivity contribution in [3.63, 3.8) is 0 Å². The molecule has 0 saturated carbocycles. The van der Waals surface area contributed by atoms with Crippen LogP contribution in [0.2, 0.25) is 0 Å². The highest BCUT2D eigenvalue weighted by Crippen LogP contribution is 2.21. The Morgan fingerprint density at radius 2 is 2.21 bits per heavy atom. The maximum absolute atomic E-state index is 13.6. The lowest BCUT2D eigenvalue weighted by molar-refractivity contribution is 0.178. The zero-order chi connectivity index (χ0) is 13.4. The number of hydrogen-bond acceptors (Lipinski definition) is 2. The number of amides is 2. The Hall–Kier alpha value is -1.69. The number of halogens is 2. The maximum atomic E-state index is 13.6. The molecule has 0 spiro atoms. The van der Waals surface area contributed by atoms with Gasteiger partial charge < -0.3 is 15.1 Å². The topological polar surface area (TPSA) is 35.6 Å². The zero-order valence-electron chi connectivity index (χ0n) is 10.4. The Labute approximate surface area is 110 Å².